The Morgan fingerprint density at radius 1 is 1.41 bits per heavy atom. The van der Waals surface area contributed by atoms with Gasteiger partial charge in [-0.15, -0.1) is 0 Å². The van der Waals surface area contributed by atoms with E-state index in [0.717, 1.165) is 44.8 Å². The predicted octanol–water partition coefficient (Wildman–Crippen LogP) is 1.85. The quantitative estimate of drug-likeness (QED) is 0.668. The molecule has 1 N–H and O–H groups in total. The minimum absolute atomic E-state index is 0.347. The molecule has 0 aliphatic rings. The first-order valence-electron chi connectivity index (χ1n) is 6.56. The number of hydrogen-bond acceptors (Lipinski definition) is 3. The highest BCUT2D eigenvalue weighted by atomic mass is 16.5. The molecule has 17 heavy (non-hydrogen) atoms. The van der Waals surface area contributed by atoms with E-state index in [9.17, 15) is 0 Å². The van der Waals surface area contributed by atoms with E-state index in [1.165, 1.54) is 0 Å². The van der Waals surface area contributed by atoms with Crippen molar-refractivity contribution in [1.82, 2.24) is 14.9 Å². The standard InChI is InChI=1S/C13H25N3O/c1-4-7-16-8-6-15-13(16)10-12(14-3)11-17-9-5-2/h6,8,12,14H,4-5,7,9-11H2,1-3H3. The molecule has 1 aromatic rings. The van der Waals surface area contributed by atoms with Gasteiger partial charge in [0.15, 0.2) is 0 Å². The van der Waals surface area contributed by atoms with Crippen LogP contribution in [0.15, 0.2) is 12.4 Å². The minimum atomic E-state index is 0.347. The first-order chi connectivity index (χ1) is 8.31. The molecular formula is C13H25N3O. The van der Waals surface area contributed by atoms with E-state index in [1.807, 2.05) is 13.2 Å². The number of likely N-dealkylation sites (N-methyl/N-ethyl adjacent to an activating group) is 1. The third kappa shape index (κ3) is 4.88. The van der Waals surface area contributed by atoms with Crippen molar-refractivity contribution < 1.29 is 4.74 Å². The van der Waals surface area contributed by atoms with Crippen LogP contribution < -0.4 is 5.32 Å². The molecular weight excluding hydrogens is 214 g/mol. The summed E-state index contributed by atoms with van der Waals surface area (Å²) in [5, 5.41) is 3.29. The maximum atomic E-state index is 5.58. The predicted molar refractivity (Wildman–Crippen MR) is 70.2 cm³/mol. The lowest BCUT2D eigenvalue weighted by Crippen LogP contribution is -2.33. The topological polar surface area (TPSA) is 39.1 Å². The zero-order chi connectivity index (χ0) is 12.5. The molecule has 0 saturated carbocycles. The number of hydrogen-bond donors (Lipinski definition) is 1. The second-order valence-corrected chi connectivity index (χ2v) is 4.30. The van der Waals surface area contributed by atoms with Crippen LogP contribution in [-0.2, 0) is 17.7 Å². The van der Waals surface area contributed by atoms with E-state index in [1.54, 1.807) is 0 Å². The van der Waals surface area contributed by atoms with Crippen LogP contribution in [0.4, 0.5) is 0 Å². The van der Waals surface area contributed by atoms with Crippen LogP contribution in [0.2, 0.25) is 0 Å². The Morgan fingerprint density at radius 3 is 2.88 bits per heavy atom. The fourth-order valence-electron chi connectivity index (χ4n) is 1.81. The van der Waals surface area contributed by atoms with Gasteiger partial charge in [0.05, 0.1) is 6.61 Å². The van der Waals surface area contributed by atoms with Crippen molar-refractivity contribution >= 4 is 0 Å². The van der Waals surface area contributed by atoms with E-state index in [4.69, 9.17) is 4.74 Å². The van der Waals surface area contributed by atoms with Gasteiger partial charge >= 0.3 is 0 Å². The van der Waals surface area contributed by atoms with Crippen molar-refractivity contribution in [2.75, 3.05) is 20.3 Å². The first-order valence-corrected chi connectivity index (χ1v) is 6.56. The number of rotatable bonds is 9. The maximum absolute atomic E-state index is 5.58. The third-order valence-corrected chi connectivity index (χ3v) is 2.77. The molecule has 98 valence electrons. The van der Waals surface area contributed by atoms with Crippen molar-refractivity contribution in [2.24, 2.45) is 0 Å². The molecule has 0 amide bonds. The van der Waals surface area contributed by atoms with Gasteiger partial charge in [0.1, 0.15) is 5.82 Å². The molecule has 1 rings (SSSR count). The number of nitrogens with one attached hydrogen (secondary N) is 1. The molecule has 1 unspecified atom stereocenters. The Kier molecular flexibility index (Phi) is 6.89. The van der Waals surface area contributed by atoms with Crippen molar-refractivity contribution in [3.05, 3.63) is 18.2 Å². The van der Waals surface area contributed by atoms with Gasteiger partial charge in [-0.1, -0.05) is 13.8 Å². The lowest BCUT2D eigenvalue weighted by Gasteiger charge is -2.16. The molecule has 4 heteroatoms. The average molecular weight is 239 g/mol. The summed E-state index contributed by atoms with van der Waals surface area (Å²) in [4.78, 5) is 4.42. The van der Waals surface area contributed by atoms with E-state index in [2.05, 4.69) is 34.9 Å². The average Bonchev–Trinajstić information content (AvgIpc) is 2.76. The van der Waals surface area contributed by atoms with Crippen LogP contribution in [0.3, 0.4) is 0 Å². The van der Waals surface area contributed by atoms with Crippen LogP contribution in [0.25, 0.3) is 0 Å². The molecule has 0 aromatic carbocycles. The largest absolute Gasteiger partial charge is 0.380 e. The Morgan fingerprint density at radius 2 is 2.24 bits per heavy atom. The van der Waals surface area contributed by atoms with Crippen molar-refractivity contribution in [2.45, 2.75) is 45.7 Å². The Balaban J connectivity index is 2.45. The molecule has 0 saturated heterocycles. The highest BCUT2D eigenvalue weighted by molar-refractivity contribution is 4.95. The van der Waals surface area contributed by atoms with Crippen LogP contribution in [0.5, 0.6) is 0 Å². The minimum Gasteiger partial charge on any atom is -0.380 e. The summed E-state index contributed by atoms with van der Waals surface area (Å²) in [6, 6.07) is 0.347. The van der Waals surface area contributed by atoms with Crippen molar-refractivity contribution in [3.63, 3.8) is 0 Å². The highest BCUT2D eigenvalue weighted by Crippen LogP contribution is 2.04. The smallest absolute Gasteiger partial charge is 0.110 e. The van der Waals surface area contributed by atoms with E-state index < -0.39 is 0 Å². The number of aryl methyl sites for hydroxylation is 1. The summed E-state index contributed by atoms with van der Waals surface area (Å²) in [6.45, 7) is 6.94. The summed E-state index contributed by atoms with van der Waals surface area (Å²) in [6.07, 6.45) is 7.07. The van der Waals surface area contributed by atoms with Crippen LogP contribution in [0, 0.1) is 0 Å². The maximum Gasteiger partial charge on any atom is 0.110 e. The molecule has 4 nitrogen and oxygen atoms in total. The van der Waals surface area contributed by atoms with Gasteiger partial charge in [-0.3, -0.25) is 0 Å². The number of ether oxygens (including phenoxy) is 1. The van der Waals surface area contributed by atoms with E-state index >= 15 is 0 Å². The molecule has 1 atom stereocenters. The van der Waals surface area contributed by atoms with Gasteiger partial charge in [-0.05, 0) is 19.9 Å². The lowest BCUT2D eigenvalue weighted by molar-refractivity contribution is 0.113. The number of nitrogens with zero attached hydrogens (tertiary/aromatic N) is 2. The fourth-order valence-corrected chi connectivity index (χ4v) is 1.81. The van der Waals surface area contributed by atoms with Gasteiger partial charge in [0.25, 0.3) is 0 Å². The Bertz CT molecular complexity index is 299. The van der Waals surface area contributed by atoms with Gasteiger partial charge in [-0.25, -0.2) is 4.98 Å². The summed E-state index contributed by atoms with van der Waals surface area (Å²) in [5.41, 5.74) is 0. The van der Waals surface area contributed by atoms with E-state index in [0.29, 0.717) is 6.04 Å². The second-order valence-electron chi connectivity index (χ2n) is 4.30. The molecule has 0 radical (unpaired) electrons. The normalized spacial score (nSPS) is 12.9. The molecule has 0 aliphatic heterocycles. The Labute approximate surface area is 104 Å². The molecule has 0 fully saturated rings. The highest BCUT2D eigenvalue weighted by Gasteiger charge is 2.11. The summed E-state index contributed by atoms with van der Waals surface area (Å²) in [7, 11) is 1.98. The van der Waals surface area contributed by atoms with Crippen LogP contribution >= 0.6 is 0 Å². The Hall–Kier alpha value is -0.870. The molecule has 0 spiro atoms. The number of aromatic nitrogens is 2. The van der Waals surface area contributed by atoms with E-state index in [-0.39, 0.29) is 0 Å². The molecule has 1 aromatic heterocycles. The zero-order valence-corrected chi connectivity index (χ0v) is 11.3. The van der Waals surface area contributed by atoms with Gasteiger partial charge in [0.2, 0.25) is 0 Å². The van der Waals surface area contributed by atoms with Crippen LogP contribution in [0.1, 0.15) is 32.5 Å². The fraction of sp³-hybridized carbons (Fsp3) is 0.769. The second kappa shape index (κ2) is 8.25. The van der Waals surface area contributed by atoms with Crippen LogP contribution in [-0.4, -0.2) is 35.9 Å². The third-order valence-electron chi connectivity index (χ3n) is 2.77. The molecule has 0 bridgehead atoms. The molecule has 1 heterocycles. The van der Waals surface area contributed by atoms with Crippen molar-refractivity contribution in [1.29, 1.82) is 0 Å². The molecule has 0 aliphatic carbocycles. The monoisotopic (exact) mass is 239 g/mol. The first kappa shape index (κ1) is 14.2. The summed E-state index contributed by atoms with van der Waals surface area (Å²) < 4.78 is 7.81. The summed E-state index contributed by atoms with van der Waals surface area (Å²) >= 11 is 0. The number of imidazole rings is 1. The lowest BCUT2D eigenvalue weighted by atomic mass is 10.2. The zero-order valence-electron chi connectivity index (χ0n) is 11.3. The van der Waals surface area contributed by atoms with Crippen molar-refractivity contribution in [3.8, 4) is 0 Å². The summed E-state index contributed by atoms with van der Waals surface area (Å²) in [5.74, 6) is 1.14. The SMILES string of the molecule is CCCOCC(Cc1nccn1CCC)NC. The van der Waals surface area contributed by atoms with Gasteiger partial charge in [0, 0.05) is 38.0 Å². The van der Waals surface area contributed by atoms with Gasteiger partial charge < -0.3 is 14.6 Å². The van der Waals surface area contributed by atoms with Gasteiger partial charge in [-0.2, -0.15) is 0 Å².